The molecule has 20 heavy (non-hydrogen) atoms. The minimum absolute atomic E-state index is 0.128. The average Bonchev–Trinajstić information content (AvgIpc) is 2.90. The van der Waals surface area contributed by atoms with Crippen molar-refractivity contribution in [2.45, 2.75) is 18.7 Å². The highest BCUT2D eigenvalue weighted by atomic mass is 32.2. The van der Waals surface area contributed by atoms with Gasteiger partial charge in [0.25, 0.3) is 0 Å². The third-order valence-corrected chi connectivity index (χ3v) is 4.21. The number of aromatic nitrogens is 1. The number of nitrogens with zero attached hydrogens (tertiary/aromatic N) is 1. The van der Waals surface area contributed by atoms with Crippen molar-refractivity contribution in [3.63, 3.8) is 0 Å². The Morgan fingerprint density at radius 2 is 1.75 bits per heavy atom. The number of sulfonamides is 1. The van der Waals surface area contributed by atoms with Crippen molar-refractivity contribution in [2.24, 2.45) is 0 Å². The topological polar surface area (TPSA) is 51.1 Å². The number of hydrogen-bond donors (Lipinski definition) is 1. The third-order valence-electron chi connectivity index (χ3n) is 2.85. The maximum atomic E-state index is 12.7. The third kappa shape index (κ3) is 4.79. The molecular weight excluding hydrogens is 279 g/mol. The summed E-state index contributed by atoms with van der Waals surface area (Å²) in [4.78, 5) is 0. The molecule has 1 heterocycles. The lowest BCUT2D eigenvalue weighted by atomic mass is 10.2. The van der Waals surface area contributed by atoms with E-state index in [-0.39, 0.29) is 11.6 Å². The number of hydrogen-bond acceptors (Lipinski definition) is 2. The summed E-state index contributed by atoms with van der Waals surface area (Å²) in [5, 5.41) is 0. The Labute approximate surface area is 118 Å². The predicted molar refractivity (Wildman–Crippen MR) is 76.1 cm³/mol. The van der Waals surface area contributed by atoms with Crippen LogP contribution in [0, 0.1) is 5.82 Å². The van der Waals surface area contributed by atoms with Gasteiger partial charge in [-0.05, 0) is 36.2 Å². The molecule has 0 bridgehead atoms. The van der Waals surface area contributed by atoms with E-state index in [1.807, 2.05) is 29.1 Å². The smallest absolute Gasteiger partial charge is 0.215 e. The number of aryl methyl sites for hydroxylation is 1. The molecule has 0 aliphatic heterocycles. The second-order valence-electron chi connectivity index (χ2n) is 4.55. The van der Waals surface area contributed by atoms with Crippen LogP contribution in [0.1, 0.15) is 12.0 Å². The molecule has 0 spiro atoms. The van der Waals surface area contributed by atoms with E-state index in [0.29, 0.717) is 12.1 Å². The Morgan fingerprint density at radius 1 is 1.10 bits per heavy atom. The molecule has 0 saturated carbocycles. The van der Waals surface area contributed by atoms with E-state index in [1.165, 1.54) is 24.3 Å². The van der Waals surface area contributed by atoms with Gasteiger partial charge < -0.3 is 4.57 Å². The lowest BCUT2D eigenvalue weighted by Crippen LogP contribution is -2.26. The summed E-state index contributed by atoms with van der Waals surface area (Å²) in [6.07, 6.45) is 4.59. The van der Waals surface area contributed by atoms with Gasteiger partial charge >= 0.3 is 0 Å². The van der Waals surface area contributed by atoms with Gasteiger partial charge in [-0.2, -0.15) is 0 Å². The van der Waals surface area contributed by atoms with E-state index in [0.717, 1.165) is 13.0 Å². The van der Waals surface area contributed by atoms with Gasteiger partial charge in [-0.25, -0.2) is 17.5 Å². The maximum absolute atomic E-state index is 12.7. The van der Waals surface area contributed by atoms with Crippen LogP contribution in [-0.2, 0) is 22.3 Å². The molecule has 0 radical (unpaired) electrons. The van der Waals surface area contributed by atoms with Crippen LogP contribution in [0.2, 0.25) is 0 Å². The zero-order chi connectivity index (χ0) is 14.4. The molecule has 108 valence electrons. The van der Waals surface area contributed by atoms with E-state index < -0.39 is 10.0 Å². The van der Waals surface area contributed by atoms with Crippen molar-refractivity contribution in [2.75, 3.05) is 6.54 Å². The van der Waals surface area contributed by atoms with Gasteiger partial charge in [-0.3, -0.25) is 0 Å². The van der Waals surface area contributed by atoms with Gasteiger partial charge in [0.2, 0.25) is 10.0 Å². The van der Waals surface area contributed by atoms with Crippen LogP contribution in [0.5, 0.6) is 0 Å². The first-order valence-electron chi connectivity index (χ1n) is 6.38. The Morgan fingerprint density at radius 3 is 2.40 bits per heavy atom. The summed E-state index contributed by atoms with van der Waals surface area (Å²) in [7, 11) is -3.37. The van der Waals surface area contributed by atoms with E-state index in [2.05, 4.69) is 4.72 Å². The van der Waals surface area contributed by atoms with Gasteiger partial charge in [0.1, 0.15) is 5.82 Å². The second kappa shape index (κ2) is 6.67. The quantitative estimate of drug-likeness (QED) is 0.796. The molecule has 0 aliphatic carbocycles. The minimum Gasteiger partial charge on any atom is -0.354 e. The number of halogens is 1. The van der Waals surface area contributed by atoms with Gasteiger partial charge in [0.05, 0.1) is 5.75 Å². The van der Waals surface area contributed by atoms with Crippen LogP contribution in [0.15, 0.2) is 48.8 Å². The molecule has 2 rings (SSSR count). The molecule has 0 unspecified atom stereocenters. The van der Waals surface area contributed by atoms with Gasteiger partial charge in [-0.1, -0.05) is 12.1 Å². The van der Waals surface area contributed by atoms with Crippen LogP contribution < -0.4 is 4.72 Å². The fraction of sp³-hybridized carbons (Fsp3) is 0.286. The molecule has 0 amide bonds. The summed E-state index contributed by atoms with van der Waals surface area (Å²) in [6, 6.07) is 9.34. The van der Waals surface area contributed by atoms with Crippen LogP contribution >= 0.6 is 0 Å². The van der Waals surface area contributed by atoms with Crippen LogP contribution in [0.25, 0.3) is 0 Å². The fourth-order valence-electron chi connectivity index (χ4n) is 1.86. The van der Waals surface area contributed by atoms with Crippen molar-refractivity contribution in [3.8, 4) is 0 Å². The lowest BCUT2D eigenvalue weighted by Gasteiger charge is -2.07. The summed E-state index contributed by atoms with van der Waals surface area (Å²) < 4.78 is 40.9. The van der Waals surface area contributed by atoms with Gasteiger partial charge in [0.15, 0.2) is 0 Å². The van der Waals surface area contributed by atoms with Crippen LogP contribution in [0.3, 0.4) is 0 Å². The van der Waals surface area contributed by atoms with E-state index >= 15 is 0 Å². The Hall–Kier alpha value is -1.66. The number of benzene rings is 1. The first-order valence-corrected chi connectivity index (χ1v) is 8.03. The maximum Gasteiger partial charge on any atom is 0.215 e. The molecule has 0 saturated heterocycles. The molecule has 6 heteroatoms. The zero-order valence-electron chi connectivity index (χ0n) is 11.0. The Bertz CT molecular complexity index is 622. The number of nitrogens with one attached hydrogen (secondary N) is 1. The summed E-state index contributed by atoms with van der Waals surface area (Å²) >= 11 is 0. The highest BCUT2D eigenvalue weighted by Gasteiger charge is 2.10. The van der Waals surface area contributed by atoms with Gasteiger partial charge in [0, 0.05) is 25.5 Å². The molecule has 1 aromatic heterocycles. The van der Waals surface area contributed by atoms with Crippen LogP contribution in [-0.4, -0.2) is 19.5 Å². The van der Waals surface area contributed by atoms with Crippen molar-refractivity contribution < 1.29 is 12.8 Å². The SMILES string of the molecule is O=S(=O)(Cc1ccc(F)cc1)NCCCn1cccc1. The molecule has 0 aliphatic rings. The zero-order valence-corrected chi connectivity index (χ0v) is 11.8. The fourth-order valence-corrected chi connectivity index (χ4v) is 3.05. The standard InChI is InChI=1S/C14H17FN2O2S/c15-14-6-4-13(5-7-14)12-20(18,19)16-8-3-11-17-9-1-2-10-17/h1-2,4-7,9-10,16H,3,8,11-12H2. The van der Waals surface area contributed by atoms with Crippen LogP contribution in [0.4, 0.5) is 4.39 Å². The molecule has 4 nitrogen and oxygen atoms in total. The summed E-state index contributed by atoms with van der Waals surface area (Å²) in [5.41, 5.74) is 0.573. The molecule has 0 atom stereocenters. The molecule has 2 aromatic rings. The first kappa shape index (κ1) is 14.7. The normalized spacial score (nSPS) is 11.7. The van der Waals surface area contributed by atoms with Crippen molar-refractivity contribution in [1.82, 2.24) is 9.29 Å². The van der Waals surface area contributed by atoms with Gasteiger partial charge in [-0.15, -0.1) is 0 Å². The molecule has 1 N–H and O–H groups in total. The lowest BCUT2D eigenvalue weighted by molar-refractivity contribution is 0.569. The van der Waals surface area contributed by atoms with Crippen molar-refractivity contribution in [1.29, 1.82) is 0 Å². The monoisotopic (exact) mass is 296 g/mol. The largest absolute Gasteiger partial charge is 0.354 e. The second-order valence-corrected chi connectivity index (χ2v) is 6.36. The number of rotatable bonds is 7. The minimum atomic E-state index is -3.37. The predicted octanol–water partition coefficient (Wildman–Crippen LogP) is 2.14. The first-order chi connectivity index (χ1) is 9.55. The summed E-state index contributed by atoms with van der Waals surface area (Å²) in [5.74, 6) is -0.498. The van der Waals surface area contributed by atoms with E-state index in [4.69, 9.17) is 0 Å². The van der Waals surface area contributed by atoms with Crippen molar-refractivity contribution >= 4 is 10.0 Å². The molecular formula is C14H17FN2O2S. The van der Waals surface area contributed by atoms with Crippen molar-refractivity contribution in [3.05, 3.63) is 60.2 Å². The highest BCUT2D eigenvalue weighted by molar-refractivity contribution is 7.88. The molecule has 0 fully saturated rings. The van der Waals surface area contributed by atoms with E-state index in [1.54, 1.807) is 0 Å². The van der Waals surface area contributed by atoms with E-state index in [9.17, 15) is 12.8 Å². The molecule has 1 aromatic carbocycles. The Kier molecular flexibility index (Phi) is 4.92. The summed E-state index contributed by atoms with van der Waals surface area (Å²) in [6.45, 7) is 1.16. The Balaban J connectivity index is 1.77. The highest BCUT2D eigenvalue weighted by Crippen LogP contribution is 2.06. The average molecular weight is 296 g/mol.